The summed E-state index contributed by atoms with van der Waals surface area (Å²) in [5, 5.41) is 9.11. The van der Waals surface area contributed by atoms with E-state index in [1.54, 1.807) is 0 Å². The van der Waals surface area contributed by atoms with Gasteiger partial charge in [0.25, 0.3) is 0 Å². The third kappa shape index (κ3) is 4.62. The number of hydrogen-bond donors (Lipinski definition) is 1. The first kappa shape index (κ1) is 16.2. The molecule has 0 aliphatic heterocycles. The standard InChI is InChI=1S/C15H22BrNO2/c1-4-11(3)17(10-15(18)19)14(5-2)12-6-8-13(16)9-7-12/h6-9,11,14H,4-5,10H2,1-3H3,(H,18,19). The highest BCUT2D eigenvalue weighted by Gasteiger charge is 2.24. The predicted molar refractivity (Wildman–Crippen MR) is 81.3 cm³/mol. The highest BCUT2D eigenvalue weighted by atomic mass is 79.9. The highest BCUT2D eigenvalue weighted by molar-refractivity contribution is 9.10. The average Bonchev–Trinajstić information content (AvgIpc) is 2.39. The monoisotopic (exact) mass is 327 g/mol. The molecule has 106 valence electrons. The molecule has 1 N–H and O–H groups in total. The van der Waals surface area contributed by atoms with Crippen LogP contribution in [0.2, 0.25) is 0 Å². The van der Waals surface area contributed by atoms with Crippen molar-refractivity contribution in [2.45, 2.75) is 45.7 Å². The van der Waals surface area contributed by atoms with Crippen molar-refractivity contribution < 1.29 is 9.90 Å². The van der Waals surface area contributed by atoms with Gasteiger partial charge in [-0.25, -0.2) is 0 Å². The Morgan fingerprint density at radius 2 is 1.84 bits per heavy atom. The van der Waals surface area contributed by atoms with E-state index in [0.29, 0.717) is 0 Å². The minimum absolute atomic E-state index is 0.0869. The molecule has 0 heterocycles. The van der Waals surface area contributed by atoms with Gasteiger partial charge in [-0.1, -0.05) is 41.9 Å². The van der Waals surface area contributed by atoms with E-state index in [2.05, 4.69) is 53.7 Å². The Morgan fingerprint density at radius 3 is 2.26 bits per heavy atom. The van der Waals surface area contributed by atoms with E-state index in [0.717, 1.165) is 17.3 Å². The minimum atomic E-state index is -0.768. The molecule has 1 aromatic rings. The van der Waals surface area contributed by atoms with Crippen molar-refractivity contribution in [2.75, 3.05) is 6.54 Å². The molecule has 0 spiro atoms. The summed E-state index contributed by atoms with van der Waals surface area (Å²) < 4.78 is 1.04. The quantitative estimate of drug-likeness (QED) is 0.820. The van der Waals surface area contributed by atoms with Crippen molar-refractivity contribution in [2.24, 2.45) is 0 Å². The van der Waals surface area contributed by atoms with Gasteiger partial charge in [0.15, 0.2) is 0 Å². The van der Waals surface area contributed by atoms with E-state index in [9.17, 15) is 4.79 Å². The molecule has 0 amide bonds. The number of aliphatic carboxylic acids is 1. The molecular formula is C15H22BrNO2. The Kier molecular flexibility index (Phi) is 6.52. The van der Waals surface area contributed by atoms with Crippen LogP contribution in [0.4, 0.5) is 0 Å². The van der Waals surface area contributed by atoms with E-state index in [1.165, 1.54) is 5.56 Å². The van der Waals surface area contributed by atoms with Gasteiger partial charge in [-0.2, -0.15) is 0 Å². The lowest BCUT2D eigenvalue weighted by Crippen LogP contribution is -2.39. The second kappa shape index (κ2) is 7.65. The summed E-state index contributed by atoms with van der Waals surface area (Å²) in [7, 11) is 0. The van der Waals surface area contributed by atoms with Gasteiger partial charge >= 0.3 is 5.97 Å². The zero-order valence-electron chi connectivity index (χ0n) is 11.8. The first-order valence-electron chi connectivity index (χ1n) is 6.72. The Labute approximate surface area is 123 Å². The Hall–Kier alpha value is -0.870. The van der Waals surface area contributed by atoms with Crippen LogP contribution in [0.3, 0.4) is 0 Å². The molecule has 0 bridgehead atoms. The van der Waals surface area contributed by atoms with Crippen LogP contribution in [0.15, 0.2) is 28.7 Å². The molecule has 0 aliphatic carbocycles. The van der Waals surface area contributed by atoms with E-state index in [1.807, 2.05) is 12.1 Å². The zero-order chi connectivity index (χ0) is 14.4. The van der Waals surface area contributed by atoms with Crippen molar-refractivity contribution >= 4 is 21.9 Å². The third-order valence-corrected chi connectivity index (χ3v) is 4.05. The molecule has 1 rings (SSSR count). The Bertz CT molecular complexity index is 405. The summed E-state index contributed by atoms with van der Waals surface area (Å²) in [6.07, 6.45) is 1.85. The van der Waals surface area contributed by atoms with Gasteiger partial charge in [-0.15, -0.1) is 0 Å². The second-order valence-electron chi connectivity index (χ2n) is 4.80. The van der Waals surface area contributed by atoms with E-state index in [-0.39, 0.29) is 18.6 Å². The van der Waals surface area contributed by atoms with Gasteiger partial charge in [0.1, 0.15) is 0 Å². The molecule has 4 heteroatoms. The number of carbonyl (C=O) groups is 1. The molecule has 0 saturated carbocycles. The third-order valence-electron chi connectivity index (χ3n) is 3.52. The smallest absolute Gasteiger partial charge is 0.317 e. The molecule has 0 fully saturated rings. The molecular weight excluding hydrogens is 306 g/mol. The summed E-state index contributed by atoms with van der Waals surface area (Å²) in [5.41, 5.74) is 1.17. The van der Waals surface area contributed by atoms with Crippen molar-refractivity contribution in [3.05, 3.63) is 34.3 Å². The largest absolute Gasteiger partial charge is 0.480 e. The van der Waals surface area contributed by atoms with Crippen molar-refractivity contribution in [1.82, 2.24) is 4.90 Å². The number of hydrogen-bond acceptors (Lipinski definition) is 2. The Morgan fingerprint density at radius 1 is 1.26 bits per heavy atom. The van der Waals surface area contributed by atoms with E-state index < -0.39 is 5.97 Å². The summed E-state index contributed by atoms with van der Waals surface area (Å²) in [5.74, 6) is -0.768. The lowest BCUT2D eigenvalue weighted by molar-refractivity contribution is -0.139. The first-order chi connectivity index (χ1) is 8.99. The summed E-state index contributed by atoms with van der Waals surface area (Å²) >= 11 is 3.43. The van der Waals surface area contributed by atoms with Gasteiger partial charge in [-0.3, -0.25) is 9.69 Å². The summed E-state index contributed by atoms with van der Waals surface area (Å²) in [6.45, 7) is 6.37. The predicted octanol–water partition coefficient (Wildman–Crippen LogP) is 4.09. The van der Waals surface area contributed by atoms with Gasteiger partial charge in [-0.05, 0) is 37.5 Å². The fourth-order valence-electron chi connectivity index (χ4n) is 2.31. The molecule has 0 aromatic heterocycles. The number of halogens is 1. The first-order valence-corrected chi connectivity index (χ1v) is 7.51. The molecule has 0 saturated heterocycles. The number of nitrogens with zero attached hydrogens (tertiary/aromatic N) is 1. The summed E-state index contributed by atoms with van der Waals surface area (Å²) in [4.78, 5) is 13.2. The number of carboxylic acid groups (broad SMARTS) is 1. The maximum Gasteiger partial charge on any atom is 0.317 e. The van der Waals surface area contributed by atoms with E-state index in [4.69, 9.17) is 5.11 Å². The van der Waals surface area contributed by atoms with Crippen molar-refractivity contribution in [1.29, 1.82) is 0 Å². The molecule has 2 unspecified atom stereocenters. The normalized spacial score (nSPS) is 14.4. The average molecular weight is 328 g/mol. The lowest BCUT2D eigenvalue weighted by atomic mass is 10.0. The van der Waals surface area contributed by atoms with Gasteiger partial charge in [0, 0.05) is 16.6 Å². The topological polar surface area (TPSA) is 40.5 Å². The van der Waals surface area contributed by atoms with Crippen molar-refractivity contribution in [3.63, 3.8) is 0 Å². The lowest BCUT2D eigenvalue weighted by Gasteiger charge is -2.34. The molecule has 0 radical (unpaired) electrons. The highest BCUT2D eigenvalue weighted by Crippen LogP contribution is 2.28. The zero-order valence-corrected chi connectivity index (χ0v) is 13.4. The molecule has 1 aromatic carbocycles. The van der Waals surface area contributed by atoms with Crippen LogP contribution in [-0.2, 0) is 4.79 Å². The fraction of sp³-hybridized carbons (Fsp3) is 0.533. The molecule has 2 atom stereocenters. The van der Waals surface area contributed by atoms with E-state index >= 15 is 0 Å². The van der Waals surface area contributed by atoms with Crippen LogP contribution in [0.1, 0.15) is 45.2 Å². The maximum atomic E-state index is 11.1. The molecule has 19 heavy (non-hydrogen) atoms. The number of benzene rings is 1. The van der Waals surface area contributed by atoms with Crippen LogP contribution >= 0.6 is 15.9 Å². The number of rotatable bonds is 7. The summed E-state index contributed by atoms with van der Waals surface area (Å²) in [6, 6.07) is 8.55. The van der Waals surface area contributed by atoms with Crippen LogP contribution < -0.4 is 0 Å². The SMILES string of the molecule is CCC(C)N(CC(=O)O)C(CC)c1ccc(Br)cc1. The minimum Gasteiger partial charge on any atom is -0.480 e. The van der Waals surface area contributed by atoms with Crippen LogP contribution in [0.5, 0.6) is 0 Å². The molecule has 0 aliphatic rings. The van der Waals surface area contributed by atoms with Crippen molar-refractivity contribution in [3.8, 4) is 0 Å². The number of carboxylic acids is 1. The van der Waals surface area contributed by atoms with Gasteiger partial charge in [0.2, 0.25) is 0 Å². The van der Waals surface area contributed by atoms with Gasteiger partial charge < -0.3 is 5.11 Å². The maximum absolute atomic E-state index is 11.1. The van der Waals surface area contributed by atoms with Crippen LogP contribution in [0, 0.1) is 0 Å². The Balaban J connectivity index is 3.01. The fourth-order valence-corrected chi connectivity index (χ4v) is 2.57. The van der Waals surface area contributed by atoms with Crippen LogP contribution in [-0.4, -0.2) is 28.6 Å². The van der Waals surface area contributed by atoms with Gasteiger partial charge in [0.05, 0.1) is 6.54 Å². The second-order valence-corrected chi connectivity index (χ2v) is 5.71. The van der Waals surface area contributed by atoms with Crippen LogP contribution in [0.25, 0.3) is 0 Å². The molecule has 3 nitrogen and oxygen atoms in total.